The molecule has 3 aromatic rings. The van der Waals surface area contributed by atoms with Gasteiger partial charge in [-0.15, -0.1) is 0 Å². The lowest BCUT2D eigenvalue weighted by atomic mass is 9.98. The Hall–Kier alpha value is -4.44. The number of nitrogens with one attached hydrogen (secondary N) is 1. The minimum absolute atomic E-state index is 0.00877. The van der Waals surface area contributed by atoms with Gasteiger partial charge >= 0.3 is 0 Å². The summed E-state index contributed by atoms with van der Waals surface area (Å²) in [5.41, 5.74) is 2.41. The maximum absolute atomic E-state index is 13.3. The van der Waals surface area contributed by atoms with Crippen molar-refractivity contribution < 1.29 is 14.4 Å². The molecule has 35 heavy (non-hydrogen) atoms. The van der Waals surface area contributed by atoms with E-state index in [2.05, 4.69) is 22.1 Å². The lowest BCUT2D eigenvalue weighted by molar-refractivity contribution is -0.117. The van der Waals surface area contributed by atoms with E-state index in [0.29, 0.717) is 35.5 Å². The van der Waals surface area contributed by atoms with Crippen molar-refractivity contribution in [2.75, 3.05) is 16.8 Å². The maximum atomic E-state index is 13.3. The van der Waals surface area contributed by atoms with Gasteiger partial charge in [0, 0.05) is 36.8 Å². The second-order valence-electron chi connectivity index (χ2n) is 8.76. The number of amides is 3. The summed E-state index contributed by atoms with van der Waals surface area (Å²) in [6, 6.07) is 20.0. The summed E-state index contributed by atoms with van der Waals surface area (Å²) in [5.74, 6) is 5.67. The van der Waals surface area contributed by atoms with E-state index in [-0.39, 0.29) is 30.7 Å². The van der Waals surface area contributed by atoms with Gasteiger partial charge in [-0.3, -0.25) is 19.3 Å². The molecule has 1 fully saturated rings. The summed E-state index contributed by atoms with van der Waals surface area (Å²) >= 11 is 0. The van der Waals surface area contributed by atoms with Crippen LogP contribution in [-0.2, 0) is 9.59 Å². The van der Waals surface area contributed by atoms with Crippen molar-refractivity contribution in [2.45, 2.75) is 31.8 Å². The van der Waals surface area contributed by atoms with E-state index in [0.717, 1.165) is 5.56 Å². The second-order valence-corrected chi connectivity index (χ2v) is 8.76. The maximum Gasteiger partial charge on any atom is 0.257 e. The van der Waals surface area contributed by atoms with Crippen molar-refractivity contribution in [1.82, 2.24) is 9.88 Å². The molecule has 2 aromatic carbocycles. The highest BCUT2D eigenvalue weighted by atomic mass is 16.2. The van der Waals surface area contributed by atoms with Crippen LogP contribution in [0.4, 0.5) is 11.4 Å². The van der Waals surface area contributed by atoms with E-state index >= 15 is 0 Å². The molecule has 1 N–H and O–H groups in total. The molecule has 2 aliphatic heterocycles. The first-order chi connectivity index (χ1) is 17.0. The fourth-order valence-corrected chi connectivity index (χ4v) is 4.73. The summed E-state index contributed by atoms with van der Waals surface area (Å²) in [5, 5.41) is 2.89. The lowest BCUT2D eigenvalue weighted by Crippen LogP contribution is -2.62. The van der Waals surface area contributed by atoms with Crippen LogP contribution in [0.5, 0.6) is 0 Å². The number of aromatic nitrogens is 1. The molecule has 7 nitrogen and oxygen atoms in total. The number of benzene rings is 2. The molecule has 0 aliphatic carbocycles. The Morgan fingerprint density at radius 1 is 1.06 bits per heavy atom. The standard InChI is InChI=1S/C28H24N4O3/c1-28-16-14-26(34)32(28)24-11-3-2-10-23(24)27(35)31(28)18-15-25(33)30-22-9-6-7-20(19-22)12-13-21-8-4-5-17-29-21/h2-11,17,19H,14-16,18H2,1H3,(H,30,33)/t28-/m0/s1. The zero-order valence-electron chi connectivity index (χ0n) is 19.3. The first-order valence-electron chi connectivity index (χ1n) is 11.5. The van der Waals surface area contributed by atoms with Gasteiger partial charge in [0.15, 0.2) is 0 Å². The highest BCUT2D eigenvalue weighted by Crippen LogP contribution is 2.43. The fourth-order valence-electron chi connectivity index (χ4n) is 4.73. The van der Waals surface area contributed by atoms with E-state index in [1.54, 1.807) is 40.3 Å². The van der Waals surface area contributed by atoms with E-state index in [1.807, 2.05) is 49.4 Å². The number of rotatable bonds is 4. The highest BCUT2D eigenvalue weighted by molar-refractivity contribution is 6.10. The monoisotopic (exact) mass is 464 g/mol. The van der Waals surface area contributed by atoms with Crippen LogP contribution < -0.4 is 10.2 Å². The van der Waals surface area contributed by atoms with Crippen LogP contribution in [0.1, 0.15) is 47.8 Å². The van der Waals surface area contributed by atoms with Crippen molar-refractivity contribution in [3.8, 4) is 11.8 Å². The smallest absolute Gasteiger partial charge is 0.257 e. The number of pyridine rings is 1. The van der Waals surface area contributed by atoms with E-state index in [4.69, 9.17) is 0 Å². The normalized spacial score (nSPS) is 18.4. The van der Waals surface area contributed by atoms with Gasteiger partial charge in [-0.1, -0.05) is 30.2 Å². The molecule has 0 saturated carbocycles. The molecule has 174 valence electrons. The van der Waals surface area contributed by atoms with Crippen molar-refractivity contribution >= 4 is 29.1 Å². The SMILES string of the molecule is C[C@@]12CCC(=O)N1c1ccccc1C(=O)N2CCC(=O)Nc1cccc(C#Cc2ccccn2)c1. The summed E-state index contributed by atoms with van der Waals surface area (Å²) in [6.07, 6.45) is 2.69. The van der Waals surface area contributed by atoms with E-state index in [9.17, 15) is 14.4 Å². The molecule has 7 heteroatoms. The third kappa shape index (κ3) is 4.26. The highest BCUT2D eigenvalue weighted by Gasteiger charge is 2.52. The Kier molecular flexibility index (Phi) is 5.79. The van der Waals surface area contributed by atoms with Gasteiger partial charge in [-0.05, 0) is 61.7 Å². The van der Waals surface area contributed by atoms with Crippen molar-refractivity contribution in [3.05, 3.63) is 89.7 Å². The van der Waals surface area contributed by atoms with Gasteiger partial charge in [-0.2, -0.15) is 0 Å². The molecule has 0 spiro atoms. The molecular weight excluding hydrogens is 440 g/mol. The Balaban J connectivity index is 1.28. The molecule has 1 aromatic heterocycles. The van der Waals surface area contributed by atoms with Crippen molar-refractivity contribution in [3.63, 3.8) is 0 Å². The number of hydrogen-bond acceptors (Lipinski definition) is 4. The summed E-state index contributed by atoms with van der Waals surface area (Å²) in [7, 11) is 0. The minimum Gasteiger partial charge on any atom is -0.326 e. The van der Waals surface area contributed by atoms with Crippen molar-refractivity contribution in [1.29, 1.82) is 0 Å². The molecule has 3 amide bonds. The number of hydrogen-bond donors (Lipinski definition) is 1. The van der Waals surface area contributed by atoms with Gasteiger partial charge in [0.05, 0.1) is 11.3 Å². The quantitative estimate of drug-likeness (QED) is 0.596. The molecule has 2 aliphatic rings. The number of carbonyl (C=O) groups excluding carboxylic acids is 3. The van der Waals surface area contributed by atoms with Gasteiger partial charge < -0.3 is 10.2 Å². The summed E-state index contributed by atoms with van der Waals surface area (Å²) in [6.45, 7) is 2.10. The van der Waals surface area contributed by atoms with Gasteiger partial charge in [-0.25, -0.2) is 4.98 Å². The zero-order valence-corrected chi connectivity index (χ0v) is 19.3. The predicted molar refractivity (Wildman–Crippen MR) is 133 cm³/mol. The third-order valence-electron chi connectivity index (χ3n) is 6.45. The van der Waals surface area contributed by atoms with Crippen LogP contribution in [-0.4, -0.2) is 39.8 Å². The molecule has 1 saturated heterocycles. The zero-order chi connectivity index (χ0) is 24.4. The first kappa shape index (κ1) is 22.4. The first-order valence-corrected chi connectivity index (χ1v) is 11.5. The Morgan fingerprint density at radius 2 is 1.89 bits per heavy atom. The van der Waals surface area contributed by atoms with Gasteiger partial charge in [0.1, 0.15) is 11.4 Å². The molecule has 0 radical (unpaired) electrons. The molecule has 3 heterocycles. The molecule has 5 rings (SSSR count). The number of anilines is 2. The van der Waals surface area contributed by atoms with Crippen LogP contribution >= 0.6 is 0 Å². The Bertz CT molecular complexity index is 1380. The second kappa shape index (κ2) is 9.07. The van der Waals surface area contributed by atoms with Crippen LogP contribution in [0.15, 0.2) is 72.9 Å². The molecule has 0 unspecified atom stereocenters. The Morgan fingerprint density at radius 3 is 2.71 bits per heavy atom. The average Bonchev–Trinajstić information content (AvgIpc) is 3.18. The van der Waals surface area contributed by atoms with Gasteiger partial charge in [0.2, 0.25) is 11.8 Å². The van der Waals surface area contributed by atoms with E-state index in [1.165, 1.54) is 0 Å². The molecular formula is C28H24N4O3. The van der Waals surface area contributed by atoms with Crippen molar-refractivity contribution in [2.24, 2.45) is 0 Å². The van der Waals surface area contributed by atoms with Crippen LogP contribution in [0.3, 0.4) is 0 Å². The third-order valence-corrected chi connectivity index (χ3v) is 6.45. The summed E-state index contributed by atoms with van der Waals surface area (Å²) in [4.78, 5) is 46.3. The van der Waals surface area contributed by atoms with Crippen LogP contribution in [0.2, 0.25) is 0 Å². The topological polar surface area (TPSA) is 82.6 Å². The Labute approximate surface area is 203 Å². The van der Waals surface area contributed by atoms with Crippen LogP contribution in [0, 0.1) is 11.8 Å². The minimum atomic E-state index is -0.774. The predicted octanol–water partition coefficient (Wildman–Crippen LogP) is 3.81. The molecule has 0 bridgehead atoms. The largest absolute Gasteiger partial charge is 0.326 e. The summed E-state index contributed by atoms with van der Waals surface area (Å²) < 4.78 is 0. The average molecular weight is 465 g/mol. The fraction of sp³-hybridized carbons (Fsp3) is 0.214. The van der Waals surface area contributed by atoms with Crippen LogP contribution in [0.25, 0.3) is 0 Å². The number of carbonyl (C=O) groups is 3. The lowest BCUT2D eigenvalue weighted by Gasteiger charge is -2.48. The number of para-hydroxylation sites is 1. The molecule has 1 atom stereocenters. The number of nitrogens with zero attached hydrogens (tertiary/aromatic N) is 3. The van der Waals surface area contributed by atoms with Gasteiger partial charge in [0.25, 0.3) is 5.91 Å². The number of fused-ring (bicyclic) bond motifs is 3. The van der Waals surface area contributed by atoms with E-state index < -0.39 is 5.66 Å².